The third-order valence-electron chi connectivity index (χ3n) is 12.2. The highest BCUT2D eigenvalue weighted by Crippen LogP contribution is 2.43. The summed E-state index contributed by atoms with van der Waals surface area (Å²) in [5, 5.41) is 9.81. The maximum atomic E-state index is 12.9. The Kier molecular flexibility index (Phi) is 53.4. The van der Waals surface area contributed by atoms with Crippen LogP contribution in [0.2, 0.25) is 0 Å². The molecule has 0 aromatic heterocycles. The molecular formula is C62H107O11P. The molecule has 0 aromatic rings. The Hall–Kier alpha value is -3.34. The SMILES string of the molecule is CCC/C=C\C/C=C\CCCCCCCC(=O)OC(CO)COP(=O)(O)OCC(COC(=O)CCCCCCCC/C=C\C/C=C\C/C=C\CCCCC)OC(=O)CCCCCCC/C=C\C/C=C\CCCCC. The van der Waals surface area contributed by atoms with Crippen molar-refractivity contribution in [3.05, 3.63) is 85.1 Å². The molecule has 0 heterocycles. The van der Waals surface area contributed by atoms with Crippen LogP contribution in [0.15, 0.2) is 85.1 Å². The Bertz CT molecular complexity index is 1560. The van der Waals surface area contributed by atoms with E-state index in [4.69, 9.17) is 23.3 Å². The second-order valence-electron chi connectivity index (χ2n) is 19.4. The Morgan fingerprint density at radius 3 is 1.07 bits per heavy atom. The molecule has 11 nitrogen and oxygen atoms in total. The second kappa shape index (κ2) is 55.9. The van der Waals surface area contributed by atoms with Gasteiger partial charge >= 0.3 is 25.7 Å². The van der Waals surface area contributed by atoms with E-state index in [0.717, 1.165) is 148 Å². The zero-order valence-corrected chi connectivity index (χ0v) is 47.9. The van der Waals surface area contributed by atoms with Crippen molar-refractivity contribution in [1.82, 2.24) is 0 Å². The summed E-state index contributed by atoms with van der Waals surface area (Å²) in [7, 11) is -4.76. The number of aliphatic hydroxyl groups is 1. The van der Waals surface area contributed by atoms with Crippen molar-refractivity contribution < 1.29 is 52.2 Å². The van der Waals surface area contributed by atoms with Gasteiger partial charge in [-0.3, -0.25) is 23.4 Å². The number of unbranched alkanes of at least 4 members (excludes halogenated alkanes) is 23. The lowest BCUT2D eigenvalue weighted by Crippen LogP contribution is -2.30. The van der Waals surface area contributed by atoms with Gasteiger partial charge < -0.3 is 24.2 Å². The third-order valence-corrected chi connectivity index (χ3v) is 13.2. The van der Waals surface area contributed by atoms with E-state index < -0.39 is 57.8 Å². The Morgan fingerprint density at radius 1 is 0.378 bits per heavy atom. The lowest BCUT2D eigenvalue weighted by molar-refractivity contribution is -0.161. The molecule has 0 spiro atoms. The van der Waals surface area contributed by atoms with Gasteiger partial charge in [0.05, 0.1) is 19.8 Å². The molecule has 0 amide bonds. The van der Waals surface area contributed by atoms with Crippen molar-refractivity contribution in [3.8, 4) is 0 Å². The minimum absolute atomic E-state index is 0.145. The summed E-state index contributed by atoms with van der Waals surface area (Å²) in [5.74, 6) is -1.51. The van der Waals surface area contributed by atoms with Crippen LogP contribution in [0.4, 0.5) is 0 Å². The van der Waals surface area contributed by atoms with E-state index >= 15 is 0 Å². The molecule has 0 aromatic carbocycles. The van der Waals surface area contributed by atoms with Gasteiger partial charge in [-0.05, 0) is 116 Å². The molecule has 0 rings (SSSR count). The normalized spacial score (nSPS) is 14.0. The highest BCUT2D eigenvalue weighted by Gasteiger charge is 2.28. The molecule has 0 aliphatic rings. The minimum Gasteiger partial charge on any atom is -0.462 e. The van der Waals surface area contributed by atoms with Crippen molar-refractivity contribution >= 4 is 25.7 Å². The summed E-state index contributed by atoms with van der Waals surface area (Å²) in [5.41, 5.74) is 0. The zero-order chi connectivity index (χ0) is 54.1. The van der Waals surface area contributed by atoms with Crippen LogP contribution in [0.1, 0.15) is 252 Å². The molecule has 0 saturated carbocycles. The van der Waals surface area contributed by atoms with Crippen LogP contribution in [-0.2, 0) is 42.2 Å². The first-order valence-corrected chi connectivity index (χ1v) is 31.0. The number of aliphatic hydroxyl groups excluding tert-OH is 1. The first-order valence-electron chi connectivity index (χ1n) is 29.5. The standard InChI is InChI=1S/C62H107O11P/c1-4-7-10-13-16-19-22-25-27-28-29-30-32-34-36-39-42-45-48-51-60(64)69-55-59(73-62(66)53-50-47-44-41-38-35-31-26-23-20-17-14-11-8-5-2)57-71-74(67,68)70-56-58(54-63)72-61(65)52-49-46-43-40-37-33-24-21-18-15-12-9-6-3/h12,15-17,19-21,24-27,29-31,58-59,63H,4-11,13-14,18,22-23,28,32-57H2,1-3H3,(H,67,68)/b15-12-,19-16-,20-17-,24-21-,27-25-,30-29-,31-26-. The smallest absolute Gasteiger partial charge is 0.462 e. The molecule has 0 fully saturated rings. The van der Waals surface area contributed by atoms with Gasteiger partial charge in [-0.25, -0.2) is 4.57 Å². The van der Waals surface area contributed by atoms with Gasteiger partial charge in [-0.2, -0.15) is 0 Å². The van der Waals surface area contributed by atoms with Crippen molar-refractivity contribution in [2.24, 2.45) is 0 Å². The van der Waals surface area contributed by atoms with Crippen LogP contribution in [0.25, 0.3) is 0 Å². The first-order chi connectivity index (χ1) is 36.2. The molecule has 0 bridgehead atoms. The van der Waals surface area contributed by atoms with Crippen LogP contribution in [0.5, 0.6) is 0 Å². The van der Waals surface area contributed by atoms with Crippen LogP contribution in [-0.4, -0.2) is 66.5 Å². The van der Waals surface area contributed by atoms with Crippen LogP contribution in [0.3, 0.4) is 0 Å². The number of allylic oxidation sites excluding steroid dienone is 14. The van der Waals surface area contributed by atoms with E-state index in [2.05, 4.69) is 106 Å². The molecule has 0 aliphatic carbocycles. The molecular weight excluding hydrogens is 952 g/mol. The van der Waals surface area contributed by atoms with Gasteiger partial charge in [0.2, 0.25) is 0 Å². The van der Waals surface area contributed by atoms with E-state index in [1.165, 1.54) is 44.9 Å². The number of hydrogen-bond acceptors (Lipinski definition) is 10. The summed E-state index contributed by atoms with van der Waals surface area (Å²) in [4.78, 5) is 48.6. The number of ether oxygens (including phenoxy) is 3. The Labute approximate surface area is 451 Å². The Morgan fingerprint density at radius 2 is 0.689 bits per heavy atom. The van der Waals surface area contributed by atoms with Crippen molar-refractivity contribution in [3.63, 3.8) is 0 Å². The Balaban J connectivity index is 4.77. The van der Waals surface area contributed by atoms with E-state index in [9.17, 15) is 28.9 Å². The molecule has 0 radical (unpaired) electrons. The number of carbonyl (C=O) groups is 3. The summed E-state index contributed by atoms with van der Waals surface area (Å²) in [6.45, 7) is 4.48. The van der Waals surface area contributed by atoms with Crippen molar-refractivity contribution in [2.75, 3.05) is 26.4 Å². The fourth-order valence-corrected chi connectivity index (χ4v) is 8.51. The van der Waals surface area contributed by atoms with Crippen molar-refractivity contribution in [1.29, 1.82) is 0 Å². The van der Waals surface area contributed by atoms with Crippen LogP contribution >= 0.6 is 7.82 Å². The molecule has 12 heteroatoms. The highest BCUT2D eigenvalue weighted by molar-refractivity contribution is 7.47. The monoisotopic (exact) mass is 1060 g/mol. The quantitative estimate of drug-likeness (QED) is 0.0197. The van der Waals surface area contributed by atoms with Gasteiger partial charge in [0, 0.05) is 19.3 Å². The van der Waals surface area contributed by atoms with Gasteiger partial charge in [0.25, 0.3) is 0 Å². The molecule has 426 valence electrons. The highest BCUT2D eigenvalue weighted by atomic mass is 31.2. The number of phosphoric acid groups is 1. The first kappa shape index (κ1) is 70.7. The third kappa shape index (κ3) is 53.5. The van der Waals surface area contributed by atoms with Gasteiger partial charge in [0.15, 0.2) is 6.10 Å². The van der Waals surface area contributed by atoms with Crippen LogP contribution < -0.4 is 0 Å². The van der Waals surface area contributed by atoms with E-state index in [-0.39, 0.29) is 25.9 Å². The maximum Gasteiger partial charge on any atom is 0.472 e. The summed E-state index contributed by atoms with van der Waals surface area (Å²) < 4.78 is 39.5. The summed E-state index contributed by atoms with van der Waals surface area (Å²) >= 11 is 0. The zero-order valence-electron chi connectivity index (χ0n) is 47.0. The summed E-state index contributed by atoms with van der Waals surface area (Å²) in [6.07, 6.45) is 63.9. The number of hydrogen-bond donors (Lipinski definition) is 2. The van der Waals surface area contributed by atoms with Gasteiger partial charge in [-0.15, -0.1) is 0 Å². The van der Waals surface area contributed by atoms with E-state index in [1.807, 2.05) is 0 Å². The number of rotatable bonds is 54. The average Bonchev–Trinajstić information content (AvgIpc) is 3.39. The van der Waals surface area contributed by atoms with Gasteiger partial charge in [-0.1, -0.05) is 202 Å². The predicted octanol–water partition coefficient (Wildman–Crippen LogP) is 17.5. The molecule has 2 N–H and O–H groups in total. The van der Waals surface area contributed by atoms with Gasteiger partial charge in [0.1, 0.15) is 12.7 Å². The number of phosphoric ester groups is 1. The van der Waals surface area contributed by atoms with E-state index in [1.54, 1.807) is 0 Å². The molecule has 74 heavy (non-hydrogen) atoms. The molecule has 0 aliphatic heterocycles. The second-order valence-corrected chi connectivity index (χ2v) is 20.9. The maximum absolute atomic E-state index is 12.9. The summed E-state index contributed by atoms with van der Waals surface area (Å²) in [6, 6.07) is 0. The minimum atomic E-state index is -4.76. The largest absolute Gasteiger partial charge is 0.472 e. The van der Waals surface area contributed by atoms with Crippen LogP contribution in [0, 0.1) is 0 Å². The topological polar surface area (TPSA) is 155 Å². The van der Waals surface area contributed by atoms with Crippen molar-refractivity contribution in [2.45, 2.75) is 264 Å². The fourth-order valence-electron chi connectivity index (χ4n) is 7.72. The lowest BCUT2D eigenvalue weighted by atomic mass is 10.1. The fraction of sp³-hybridized carbons (Fsp3) is 0.726. The average molecular weight is 1060 g/mol. The molecule has 3 atom stereocenters. The number of esters is 3. The lowest BCUT2D eigenvalue weighted by Gasteiger charge is -2.21. The predicted molar refractivity (Wildman–Crippen MR) is 307 cm³/mol. The molecule has 0 saturated heterocycles. The van der Waals surface area contributed by atoms with E-state index in [0.29, 0.717) is 19.3 Å². The number of carbonyl (C=O) groups excluding carboxylic acids is 3. The molecule has 3 unspecified atom stereocenters.